The van der Waals surface area contributed by atoms with E-state index in [0.29, 0.717) is 45.3 Å². The molecule has 0 fully saturated rings. The van der Waals surface area contributed by atoms with Gasteiger partial charge in [0, 0.05) is 59.9 Å². The second-order valence-corrected chi connectivity index (χ2v) is 10.9. The van der Waals surface area contributed by atoms with Crippen LogP contribution in [-0.4, -0.2) is 42.5 Å². The summed E-state index contributed by atoms with van der Waals surface area (Å²) in [4.78, 5) is 33.5. The minimum absolute atomic E-state index is 0.0544. The number of carbonyl (C=O) groups is 2. The van der Waals surface area contributed by atoms with E-state index in [1.807, 2.05) is 30.0 Å². The van der Waals surface area contributed by atoms with Gasteiger partial charge >= 0.3 is 0 Å². The van der Waals surface area contributed by atoms with E-state index in [-0.39, 0.29) is 11.8 Å². The molecule has 3 heterocycles. The molecule has 0 spiro atoms. The number of ether oxygens (including phenoxy) is 2. The normalized spacial score (nSPS) is 12.7. The number of hydrogen-bond donors (Lipinski definition) is 2. The van der Waals surface area contributed by atoms with Gasteiger partial charge in [0.2, 0.25) is 11.8 Å². The van der Waals surface area contributed by atoms with Crippen molar-refractivity contribution in [2.75, 3.05) is 26.1 Å². The van der Waals surface area contributed by atoms with Crippen molar-refractivity contribution in [2.24, 2.45) is 5.73 Å². The number of anilines is 1. The van der Waals surface area contributed by atoms with Crippen LogP contribution in [0.2, 0.25) is 0 Å². The largest absolute Gasteiger partial charge is 0.497 e. The number of fused-ring (bicyclic) bond motifs is 1. The fraction of sp³-hybridized carbons (Fsp3) is 0.433. The average Bonchev–Trinajstić information content (AvgIpc) is 3.30. The number of thiophene rings is 1. The summed E-state index contributed by atoms with van der Waals surface area (Å²) in [6.45, 7) is 5.55. The predicted octanol–water partition coefficient (Wildman–Crippen LogP) is 4.58. The van der Waals surface area contributed by atoms with E-state index in [1.54, 1.807) is 14.2 Å². The van der Waals surface area contributed by atoms with Crippen molar-refractivity contribution in [1.82, 2.24) is 9.88 Å². The Bertz CT molecular complexity index is 1340. The molecule has 0 unspecified atom stereocenters. The minimum Gasteiger partial charge on any atom is -0.497 e. The van der Waals surface area contributed by atoms with Gasteiger partial charge in [-0.05, 0) is 55.4 Å². The van der Waals surface area contributed by atoms with Gasteiger partial charge in [-0.2, -0.15) is 0 Å². The first kappa shape index (κ1) is 28.6. The third-order valence-corrected chi connectivity index (χ3v) is 8.34. The summed E-state index contributed by atoms with van der Waals surface area (Å²) >= 11 is 1.53. The first-order valence-electron chi connectivity index (χ1n) is 13.4. The number of carbonyl (C=O) groups excluding carboxylic acids is 2. The number of amides is 2. The average molecular weight is 551 g/mol. The van der Waals surface area contributed by atoms with Crippen LogP contribution in [0.25, 0.3) is 0 Å². The molecule has 4 rings (SSSR count). The highest BCUT2D eigenvalue weighted by atomic mass is 32.1. The van der Waals surface area contributed by atoms with Gasteiger partial charge in [0.1, 0.15) is 11.5 Å². The lowest BCUT2D eigenvalue weighted by Gasteiger charge is -2.27. The van der Waals surface area contributed by atoms with Crippen LogP contribution in [0.3, 0.4) is 0 Å². The molecule has 1 aliphatic rings. The maximum absolute atomic E-state index is 13.0. The van der Waals surface area contributed by atoms with E-state index in [0.717, 1.165) is 56.7 Å². The van der Waals surface area contributed by atoms with E-state index in [1.165, 1.54) is 22.5 Å². The topological polar surface area (TPSA) is 107 Å². The summed E-state index contributed by atoms with van der Waals surface area (Å²) in [6.07, 6.45) is 3.55. The first-order chi connectivity index (χ1) is 18.8. The van der Waals surface area contributed by atoms with E-state index < -0.39 is 0 Å². The minimum atomic E-state index is -0.0544. The molecule has 39 heavy (non-hydrogen) atoms. The van der Waals surface area contributed by atoms with Crippen LogP contribution < -0.4 is 20.5 Å². The number of aromatic nitrogens is 1. The third kappa shape index (κ3) is 6.96. The maximum atomic E-state index is 13.0. The number of rotatable bonds is 11. The Morgan fingerprint density at radius 3 is 2.67 bits per heavy atom. The fourth-order valence-electron chi connectivity index (χ4n) is 5.03. The first-order valence-corrected chi connectivity index (χ1v) is 14.2. The molecule has 3 N–H and O–H groups in total. The number of aryl methyl sites for hydroxylation is 4. The molecule has 1 aromatic carbocycles. The molecule has 208 valence electrons. The van der Waals surface area contributed by atoms with Gasteiger partial charge in [-0.1, -0.05) is 19.1 Å². The Labute approximate surface area is 234 Å². The van der Waals surface area contributed by atoms with Crippen LogP contribution in [0.1, 0.15) is 58.3 Å². The highest BCUT2D eigenvalue weighted by Crippen LogP contribution is 2.37. The van der Waals surface area contributed by atoms with Crippen molar-refractivity contribution in [1.29, 1.82) is 0 Å². The Morgan fingerprint density at radius 1 is 1.13 bits per heavy atom. The van der Waals surface area contributed by atoms with Gasteiger partial charge < -0.3 is 25.4 Å². The fourth-order valence-corrected chi connectivity index (χ4v) is 6.33. The van der Waals surface area contributed by atoms with Crippen LogP contribution in [0.4, 0.5) is 5.00 Å². The lowest BCUT2D eigenvalue weighted by atomic mass is 10.0. The van der Waals surface area contributed by atoms with Gasteiger partial charge in [-0.3, -0.25) is 14.6 Å². The zero-order valence-electron chi connectivity index (χ0n) is 23.3. The Hall–Kier alpha value is -3.43. The summed E-state index contributed by atoms with van der Waals surface area (Å²) in [5.41, 5.74) is 12.2. The number of nitrogens with one attached hydrogen (secondary N) is 1. The molecule has 0 aliphatic carbocycles. The second kappa shape index (κ2) is 13.1. The molecule has 8 nitrogen and oxygen atoms in total. The molecular weight excluding hydrogens is 512 g/mol. The van der Waals surface area contributed by atoms with Crippen LogP contribution in [0, 0.1) is 6.92 Å². The van der Waals surface area contributed by atoms with Crippen molar-refractivity contribution >= 4 is 28.2 Å². The molecule has 0 saturated carbocycles. The van der Waals surface area contributed by atoms with Crippen LogP contribution in [0.15, 0.2) is 30.3 Å². The SMILES string of the molecule is CCc1ccc(OC)c(CCC(=O)Nc2sc3c(c2CN)CCN(C(=O)CCc2cc(OC)cc(C)n2)C3)c1. The summed E-state index contributed by atoms with van der Waals surface area (Å²) < 4.78 is 10.8. The van der Waals surface area contributed by atoms with Gasteiger partial charge in [0.05, 0.1) is 25.8 Å². The molecular formula is C30H38N4O4S. The van der Waals surface area contributed by atoms with Gasteiger partial charge in [-0.15, -0.1) is 11.3 Å². The lowest BCUT2D eigenvalue weighted by molar-refractivity contribution is -0.132. The van der Waals surface area contributed by atoms with Gasteiger partial charge in [0.15, 0.2) is 0 Å². The van der Waals surface area contributed by atoms with Gasteiger partial charge in [0.25, 0.3) is 0 Å². The van der Waals surface area contributed by atoms with Crippen molar-refractivity contribution in [3.63, 3.8) is 0 Å². The third-order valence-electron chi connectivity index (χ3n) is 7.16. The van der Waals surface area contributed by atoms with Gasteiger partial charge in [-0.25, -0.2) is 0 Å². The number of hydrogen-bond acceptors (Lipinski definition) is 7. The molecule has 9 heteroatoms. The lowest BCUT2D eigenvalue weighted by Crippen LogP contribution is -2.35. The van der Waals surface area contributed by atoms with Crippen LogP contribution >= 0.6 is 11.3 Å². The summed E-state index contributed by atoms with van der Waals surface area (Å²) in [7, 11) is 3.28. The van der Waals surface area contributed by atoms with E-state index in [2.05, 4.69) is 29.4 Å². The Balaban J connectivity index is 1.37. The highest BCUT2D eigenvalue weighted by molar-refractivity contribution is 7.16. The Kier molecular flexibility index (Phi) is 9.59. The molecule has 2 aromatic heterocycles. The number of methoxy groups -OCH3 is 2. The Morgan fingerprint density at radius 2 is 1.95 bits per heavy atom. The molecule has 0 bridgehead atoms. The molecule has 0 saturated heterocycles. The standard InChI is InChI=1S/C30H38N4O4S/c1-5-20-6-9-26(38-4)21(15-20)7-10-28(35)33-30-25(17-31)24-12-13-34(18-27(24)39-30)29(36)11-8-22-16-23(37-3)14-19(2)32-22/h6,9,14-16H,5,7-8,10-13,17-18,31H2,1-4H3,(H,33,35). The number of nitrogens with two attached hydrogens (primary N) is 1. The second-order valence-electron chi connectivity index (χ2n) is 9.77. The quantitative estimate of drug-likeness (QED) is 0.362. The monoisotopic (exact) mass is 550 g/mol. The predicted molar refractivity (Wildman–Crippen MR) is 155 cm³/mol. The van der Waals surface area contributed by atoms with E-state index in [4.69, 9.17) is 15.2 Å². The van der Waals surface area contributed by atoms with E-state index in [9.17, 15) is 9.59 Å². The molecule has 1 aliphatic heterocycles. The van der Waals surface area contributed by atoms with Crippen molar-refractivity contribution in [2.45, 2.75) is 65.5 Å². The summed E-state index contributed by atoms with van der Waals surface area (Å²) in [6, 6.07) is 9.88. The molecule has 2 amide bonds. The van der Waals surface area contributed by atoms with E-state index >= 15 is 0 Å². The van der Waals surface area contributed by atoms with Crippen molar-refractivity contribution in [3.8, 4) is 11.5 Å². The number of benzene rings is 1. The smallest absolute Gasteiger partial charge is 0.225 e. The highest BCUT2D eigenvalue weighted by Gasteiger charge is 2.27. The molecule has 0 atom stereocenters. The molecule has 0 radical (unpaired) electrons. The summed E-state index contributed by atoms with van der Waals surface area (Å²) in [5, 5.41) is 3.90. The maximum Gasteiger partial charge on any atom is 0.225 e. The molecule has 3 aromatic rings. The zero-order valence-corrected chi connectivity index (χ0v) is 24.1. The van der Waals surface area contributed by atoms with Crippen molar-refractivity contribution < 1.29 is 19.1 Å². The zero-order chi connectivity index (χ0) is 27.9. The number of nitrogens with zero attached hydrogens (tertiary/aromatic N) is 2. The summed E-state index contributed by atoms with van der Waals surface area (Å²) in [5.74, 6) is 1.60. The number of pyridine rings is 1. The van der Waals surface area contributed by atoms with Crippen molar-refractivity contribution in [3.05, 3.63) is 68.9 Å². The van der Waals surface area contributed by atoms with Crippen LogP contribution in [-0.2, 0) is 48.4 Å². The van der Waals surface area contributed by atoms with Crippen LogP contribution in [0.5, 0.6) is 11.5 Å².